The van der Waals surface area contributed by atoms with Crippen LogP contribution in [0.3, 0.4) is 0 Å². The van der Waals surface area contributed by atoms with Crippen molar-refractivity contribution in [3.8, 4) is 0 Å². The highest BCUT2D eigenvalue weighted by atomic mass is 19.1. The average molecular weight is 410 g/mol. The Bertz CT molecular complexity index is 858. The maximum Gasteiger partial charge on any atom is 0.323 e. The van der Waals surface area contributed by atoms with Crippen LogP contribution >= 0.6 is 0 Å². The third kappa shape index (κ3) is 4.65. The lowest BCUT2D eigenvalue weighted by atomic mass is 9.89. The number of likely N-dealkylation sites (tertiary alicyclic amines) is 1. The molecule has 2 aromatic rings. The van der Waals surface area contributed by atoms with Gasteiger partial charge in [0, 0.05) is 49.5 Å². The molecule has 1 saturated heterocycles. The number of urea groups is 1. The molecule has 0 unspecified atom stereocenters. The lowest BCUT2D eigenvalue weighted by molar-refractivity contribution is 0.0639. The quantitative estimate of drug-likeness (QED) is 0.704. The predicted molar refractivity (Wildman–Crippen MR) is 97.9 cm³/mol. The number of halogens is 3. The summed E-state index contributed by atoms with van der Waals surface area (Å²) in [6, 6.07) is 3.44. The van der Waals surface area contributed by atoms with Gasteiger partial charge in [-0.2, -0.15) is 0 Å². The Morgan fingerprint density at radius 3 is 2.55 bits per heavy atom. The molecule has 3 rings (SSSR count). The summed E-state index contributed by atoms with van der Waals surface area (Å²) < 4.78 is 42.2. The molecule has 10 heteroatoms. The van der Waals surface area contributed by atoms with E-state index in [9.17, 15) is 18.7 Å². The van der Waals surface area contributed by atoms with Crippen LogP contribution in [0.1, 0.15) is 35.8 Å². The number of hydrogen-bond donors (Lipinski definition) is 3. The van der Waals surface area contributed by atoms with Crippen molar-refractivity contribution in [2.75, 3.05) is 25.0 Å². The van der Waals surface area contributed by atoms with Crippen molar-refractivity contribution in [1.29, 1.82) is 0 Å². The van der Waals surface area contributed by atoms with Crippen molar-refractivity contribution in [3.05, 3.63) is 53.2 Å². The average Bonchev–Trinajstić information content (AvgIpc) is 2.73. The Hall–Kier alpha value is -2.72. The highest BCUT2D eigenvalue weighted by Gasteiger charge is 2.41. The minimum Gasteiger partial charge on any atom is -0.393 e. The number of rotatable bonds is 5. The Balaban J connectivity index is 1.63. The summed E-state index contributed by atoms with van der Waals surface area (Å²) in [6.45, 7) is -1.19. The Morgan fingerprint density at radius 1 is 1.28 bits per heavy atom. The van der Waals surface area contributed by atoms with Crippen molar-refractivity contribution in [2.45, 2.75) is 31.3 Å². The topological polar surface area (TPSA) is 98.6 Å². The van der Waals surface area contributed by atoms with E-state index in [1.807, 2.05) is 0 Å². The molecule has 1 aliphatic rings. The number of aromatic nitrogens is 2. The minimum atomic E-state index is -2.05. The summed E-state index contributed by atoms with van der Waals surface area (Å²) in [5.41, 5.74) is -1.99. The lowest BCUT2D eigenvalue weighted by Crippen LogP contribution is -2.45. The molecule has 156 valence electrons. The molecule has 0 aliphatic carbocycles. The number of alkyl halides is 2. The molecule has 0 saturated carbocycles. The smallest absolute Gasteiger partial charge is 0.323 e. The zero-order valence-electron chi connectivity index (χ0n) is 15.5. The molecule has 1 fully saturated rings. The van der Waals surface area contributed by atoms with Crippen LogP contribution in [-0.2, 0) is 12.3 Å². The molecule has 1 aliphatic heterocycles. The van der Waals surface area contributed by atoms with Crippen LogP contribution in [0.15, 0.2) is 30.6 Å². The Morgan fingerprint density at radius 2 is 2.00 bits per heavy atom. The summed E-state index contributed by atoms with van der Waals surface area (Å²) >= 11 is 0. The standard InChI is InChI=1S/C19H21F3N4O3/c20-8-12-1-2-16(23-9-12)25-18(29)26-5-3-19(22,4-6-26)17-14(21)7-13(10-24-17)15(28)11-27/h1-2,7,9-10,15,27-28H,3-6,8,11H2,(H,23,25,29)/t15-/m0/s1. The number of pyridine rings is 2. The number of aliphatic hydroxyl groups is 2. The number of anilines is 1. The van der Waals surface area contributed by atoms with Gasteiger partial charge < -0.3 is 15.1 Å². The molecule has 2 aromatic heterocycles. The second-order valence-corrected chi connectivity index (χ2v) is 6.87. The van der Waals surface area contributed by atoms with E-state index in [1.54, 1.807) is 0 Å². The molecule has 1 atom stereocenters. The first-order valence-corrected chi connectivity index (χ1v) is 9.07. The third-order valence-corrected chi connectivity index (χ3v) is 4.90. The summed E-state index contributed by atoms with van der Waals surface area (Å²) in [4.78, 5) is 21.5. The van der Waals surface area contributed by atoms with E-state index in [0.29, 0.717) is 5.56 Å². The van der Waals surface area contributed by atoms with E-state index in [2.05, 4.69) is 15.3 Å². The maximum absolute atomic E-state index is 15.3. The second-order valence-electron chi connectivity index (χ2n) is 6.87. The summed E-state index contributed by atoms with van der Waals surface area (Å²) in [5, 5.41) is 21.0. The van der Waals surface area contributed by atoms with Crippen LogP contribution in [0.5, 0.6) is 0 Å². The first-order valence-electron chi connectivity index (χ1n) is 9.07. The third-order valence-electron chi connectivity index (χ3n) is 4.90. The van der Waals surface area contributed by atoms with Gasteiger partial charge in [-0.3, -0.25) is 10.3 Å². The van der Waals surface area contributed by atoms with Gasteiger partial charge in [-0.15, -0.1) is 0 Å². The first-order chi connectivity index (χ1) is 13.9. The number of piperidine rings is 1. The zero-order chi connectivity index (χ0) is 21.0. The molecular weight excluding hydrogens is 389 g/mol. The highest BCUT2D eigenvalue weighted by Crippen LogP contribution is 2.37. The van der Waals surface area contributed by atoms with E-state index in [4.69, 9.17) is 5.11 Å². The molecule has 0 spiro atoms. The van der Waals surface area contributed by atoms with Crippen LogP contribution in [0.4, 0.5) is 23.8 Å². The van der Waals surface area contributed by atoms with Gasteiger partial charge in [0.2, 0.25) is 0 Å². The molecule has 2 amide bonds. The number of nitrogens with zero attached hydrogens (tertiary/aromatic N) is 3. The lowest BCUT2D eigenvalue weighted by Gasteiger charge is -2.36. The van der Waals surface area contributed by atoms with Gasteiger partial charge in [0.05, 0.1) is 6.61 Å². The number of carbonyl (C=O) groups excluding carboxylic acids is 1. The van der Waals surface area contributed by atoms with Crippen LogP contribution in [0.2, 0.25) is 0 Å². The van der Waals surface area contributed by atoms with Gasteiger partial charge in [-0.25, -0.2) is 22.9 Å². The molecule has 3 heterocycles. The van der Waals surface area contributed by atoms with Gasteiger partial charge in [0.15, 0.2) is 5.67 Å². The van der Waals surface area contributed by atoms with Gasteiger partial charge in [-0.1, -0.05) is 6.07 Å². The van der Waals surface area contributed by atoms with E-state index >= 15 is 4.39 Å². The van der Waals surface area contributed by atoms with Gasteiger partial charge >= 0.3 is 6.03 Å². The van der Waals surface area contributed by atoms with Crippen molar-refractivity contribution in [1.82, 2.24) is 14.9 Å². The fourth-order valence-electron chi connectivity index (χ4n) is 3.14. The number of carbonyl (C=O) groups is 1. The van der Waals surface area contributed by atoms with E-state index in [0.717, 1.165) is 12.3 Å². The normalized spacial score (nSPS) is 17.1. The molecule has 0 radical (unpaired) electrons. The molecular formula is C19H21F3N4O3. The van der Waals surface area contributed by atoms with Crippen molar-refractivity contribution < 1.29 is 28.2 Å². The number of aliphatic hydroxyl groups excluding tert-OH is 2. The maximum atomic E-state index is 15.3. The Kier molecular flexibility index (Phi) is 6.33. The van der Waals surface area contributed by atoms with E-state index < -0.39 is 36.9 Å². The molecule has 7 nitrogen and oxygen atoms in total. The molecule has 0 bridgehead atoms. The van der Waals surface area contributed by atoms with Crippen LogP contribution in [0.25, 0.3) is 0 Å². The highest BCUT2D eigenvalue weighted by molar-refractivity contribution is 5.88. The van der Waals surface area contributed by atoms with Crippen LogP contribution in [-0.4, -0.2) is 50.8 Å². The first kappa shape index (κ1) is 21.0. The second kappa shape index (κ2) is 8.75. The number of amides is 2. The molecule has 3 N–H and O–H groups in total. The van der Waals surface area contributed by atoms with Gasteiger partial charge in [0.25, 0.3) is 0 Å². The van der Waals surface area contributed by atoms with Crippen molar-refractivity contribution >= 4 is 11.8 Å². The SMILES string of the molecule is O=C(Nc1ccc(CF)cn1)N1CCC(F)(c2ncc([C@@H](O)CO)cc2F)CC1. The fraction of sp³-hybridized carbons (Fsp3) is 0.421. The zero-order valence-corrected chi connectivity index (χ0v) is 15.5. The Labute approximate surface area is 165 Å². The number of nitrogens with one attached hydrogen (secondary N) is 1. The van der Waals surface area contributed by atoms with Gasteiger partial charge in [0.1, 0.15) is 30.1 Å². The summed E-state index contributed by atoms with van der Waals surface area (Å²) in [6.07, 6.45) is 0.845. The predicted octanol–water partition coefficient (Wildman–Crippen LogP) is 2.60. The van der Waals surface area contributed by atoms with Gasteiger partial charge in [-0.05, 0) is 12.1 Å². The van der Waals surface area contributed by atoms with Crippen LogP contribution < -0.4 is 5.32 Å². The monoisotopic (exact) mass is 410 g/mol. The van der Waals surface area contributed by atoms with Crippen molar-refractivity contribution in [3.63, 3.8) is 0 Å². The summed E-state index contributed by atoms with van der Waals surface area (Å²) in [7, 11) is 0. The summed E-state index contributed by atoms with van der Waals surface area (Å²) in [5.74, 6) is -0.664. The fourth-order valence-corrected chi connectivity index (χ4v) is 3.14. The van der Waals surface area contributed by atoms with E-state index in [-0.39, 0.29) is 43.0 Å². The van der Waals surface area contributed by atoms with E-state index in [1.165, 1.54) is 23.2 Å². The van der Waals surface area contributed by atoms with Crippen LogP contribution in [0, 0.1) is 5.82 Å². The molecule has 0 aromatic carbocycles. The van der Waals surface area contributed by atoms with Crippen molar-refractivity contribution in [2.24, 2.45) is 0 Å². The number of hydrogen-bond acceptors (Lipinski definition) is 5. The largest absolute Gasteiger partial charge is 0.393 e. The molecule has 29 heavy (non-hydrogen) atoms. The minimum absolute atomic E-state index is 0.0348.